The van der Waals surface area contributed by atoms with Crippen LogP contribution >= 0.6 is 0 Å². The highest BCUT2D eigenvalue weighted by molar-refractivity contribution is 5.81. The van der Waals surface area contributed by atoms with Gasteiger partial charge in [-0.3, -0.25) is 4.79 Å². The highest BCUT2D eigenvalue weighted by atomic mass is 16.2. The first-order chi connectivity index (χ1) is 9.70. The van der Waals surface area contributed by atoms with E-state index in [0.717, 1.165) is 31.7 Å². The van der Waals surface area contributed by atoms with Crippen molar-refractivity contribution >= 4 is 5.91 Å². The van der Waals surface area contributed by atoms with E-state index in [1.807, 2.05) is 0 Å². The Kier molecular flexibility index (Phi) is 6.30. The summed E-state index contributed by atoms with van der Waals surface area (Å²) in [5.41, 5.74) is 0. The molecule has 2 rings (SSSR count). The third kappa shape index (κ3) is 4.45. The summed E-state index contributed by atoms with van der Waals surface area (Å²) in [6, 6.07) is 0.480. The predicted molar refractivity (Wildman–Crippen MR) is 82.7 cm³/mol. The molecule has 0 aromatic heterocycles. The van der Waals surface area contributed by atoms with Gasteiger partial charge in [0.05, 0.1) is 6.04 Å². The fourth-order valence-corrected chi connectivity index (χ4v) is 3.54. The largest absolute Gasteiger partial charge is 0.355 e. The van der Waals surface area contributed by atoms with E-state index < -0.39 is 0 Å². The quantitative estimate of drug-likeness (QED) is 0.807. The Morgan fingerprint density at radius 3 is 2.75 bits per heavy atom. The maximum atomic E-state index is 12.0. The van der Waals surface area contributed by atoms with Crippen LogP contribution in [-0.4, -0.2) is 49.1 Å². The Hall–Kier alpha value is -0.610. The molecule has 0 aliphatic carbocycles. The zero-order valence-corrected chi connectivity index (χ0v) is 13.2. The Bertz CT molecular complexity index is 300. The number of nitrogens with one attached hydrogen (secondary N) is 2. The van der Waals surface area contributed by atoms with E-state index in [1.54, 1.807) is 0 Å². The summed E-state index contributed by atoms with van der Waals surface area (Å²) in [6.45, 7) is 9.04. The van der Waals surface area contributed by atoms with E-state index >= 15 is 0 Å². The van der Waals surface area contributed by atoms with Crippen LogP contribution in [0.15, 0.2) is 0 Å². The van der Waals surface area contributed by atoms with Crippen LogP contribution in [0.3, 0.4) is 0 Å². The van der Waals surface area contributed by atoms with E-state index in [-0.39, 0.29) is 11.9 Å². The Morgan fingerprint density at radius 2 is 2.05 bits per heavy atom. The van der Waals surface area contributed by atoms with Crippen molar-refractivity contribution in [2.45, 2.75) is 64.5 Å². The average molecular weight is 281 g/mol. The normalized spacial score (nSPS) is 27.9. The van der Waals surface area contributed by atoms with Gasteiger partial charge in [-0.25, -0.2) is 0 Å². The second kappa shape index (κ2) is 7.99. The van der Waals surface area contributed by atoms with Crippen molar-refractivity contribution in [2.75, 3.05) is 26.2 Å². The molecule has 0 saturated carbocycles. The smallest absolute Gasteiger partial charge is 0.237 e. The molecule has 2 atom stereocenters. The van der Waals surface area contributed by atoms with Gasteiger partial charge in [0.25, 0.3) is 0 Å². The van der Waals surface area contributed by atoms with Crippen LogP contribution in [0.2, 0.25) is 0 Å². The zero-order chi connectivity index (χ0) is 14.4. The van der Waals surface area contributed by atoms with Crippen LogP contribution in [0, 0.1) is 5.92 Å². The zero-order valence-electron chi connectivity index (χ0n) is 13.2. The second-order valence-electron chi connectivity index (χ2n) is 6.47. The summed E-state index contributed by atoms with van der Waals surface area (Å²) in [7, 11) is 0. The lowest BCUT2D eigenvalue weighted by Crippen LogP contribution is -2.50. The molecule has 2 heterocycles. The van der Waals surface area contributed by atoms with Crippen LogP contribution < -0.4 is 10.6 Å². The molecule has 2 fully saturated rings. The van der Waals surface area contributed by atoms with Gasteiger partial charge in [0.15, 0.2) is 0 Å². The van der Waals surface area contributed by atoms with Crippen molar-refractivity contribution in [3.63, 3.8) is 0 Å². The van der Waals surface area contributed by atoms with E-state index in [1.165, 1.54) is 38.9 Å². The molecule has 1 amide bonds. The minimum absolute atomic E-state index is 0.0289. The number of carbonyl (C=O) groups is 1. The molecular weight excluding hydrogens is 250 g/mol. The molecule has 4 heteroatoms. The minimum Gasteiger partial charge on any atom is -0.355 e. The fraction of sp³-hybridized carbons (Fsp3) is 0.938. The van der Waals surface area contributed by atoms with Gasteiger partial charge in [0.1, 0.15) is 0 Å². The summed E-state index contributed by atoms with van der Waals surface area (Å²) < 4.78 is 0. The van der Waals surface area contributed by atoms with Crippen LogP contribution in [0.25, 0.3) is 0 Å². The molecule has 2 N–H and O–H groups in total. The van der Waals surface area contributed by atoms with E-state index in [9.17, 15) is 4.79 Å². The number of likely N-dealkylation sites (tertiary alicyclic amines) is 1. The first-order valence-electron chi connectivity index (χ1n) is 8.46. The molecule has 20 heavy (non-hydrogen) atoms. The van der Waals surface area contributed by atoms with Gasteiger partial charge in [0, 0.05) is 12.6 Å². The van der Waals surface area contributed by atoms with Crippen molar-refractivity contribution in [3.05, 3.63) is 0 Å². The molecule has 0 spiro atoms. The van der Waals surface area contributed by atoms with Crippen molar-refractivity contribution in [3.8, 4) is 0 Å². The third-order valence-corrected chi connectivity index (χ3v) is 4.88. The average Bonchev–Trinajstić information content (AvgIpc) is 2.65. The maximum Gasteiger partial charge on any atom is 0.237 e. The molecule has 116 valence electrons. The molecule has 0 aromatic rings. The van der Waals surface area contributed by atoms with Gasteiger partial charge in [-0.2, -0.15) is 0 Å². The number of rotatable bonds is 5. The number of amides is 1. The predicted octanol–water partition coefficient (Wildman–Crippen LogP) is 1.76. The topological polar surface area (TPSA) is 44.4 Å². The summed E-state index contributed by atoms with van der Waals surface area (Å²) in [6.07, 6.45) is 7.04. The summed E-state index contributed by atoms with van der Waals surface area (Å²) in [5.74, 6) is 0.928. The Balaban J connectivity index is 1.77. The molecular formula is C16H31N3O. The highest BCUT2D eigenvalue weighted by Gasteiger charge is 2.28. The number of hydrogen-bond donors (Lipinski definition) is 2. The lowest BCUT2D eigenvalue weighted by molar-refractivity contribution is -0.123. The van der Waals surface area contributed by atoms with Gasteiger partial charge in [-0.15, -0.1) is 0 Å². The number of piperidine rings is 1. The van der Waals surface area contributed by atoms with E-state index in [4.69, 9.17) is 0 Å². The standard InChI is InChI=1S/C16H31N3O/c1-3-10-19-11-7-14(8-12-19)13(2)18-15-6-4-5-9-17-16(15)20/h13-15,18H,3-12H2,1-2H3,(H,17,20). The minimum atomic E-state index is 0.0289. The summed E-state index contributed by atoms with van der Waals surface area (Å²) in [4.78, 5) is 14.6. The van der Waals surface area contributed by atoms with Crippen molar-refractivity contribution in [1.29, 1.82) is 0 Å². The van der Waals surface area contributed by atoms with Crippen molar-refractivity contribution in [1.82, 2.24) is 15.5 Å². The number of nitrogens with zero attached hydrogens (tertiary/aromatic N) is 1. The third-order valence-electron chi connectivity index (χ3n) is 4.88. The molecule has 2 saturated heterocycles. The van der Waals surface area contributed by atoms with Crippen LogP contribution in [-0.2, 0) is 4.79 Å². The number of hydrogen-bond acceptors (Lipinski definition) is 3. The second-order valence-corrected chi connectivity index (χ2v) is 6.47. The molecule has 2 unspecified atom stereocenters. The van der Waals surface area contributed by atoms with Gasteiger partial charge < -0.3 is 15.5 Å². The molecule has 2 aliphatic rings. The molecule has 4 nitrogen and oxygen atoms in total. The molecule has 0 radical (unpaired) electrons. The summed E-state index contributed by atoms with van der Waals surface area (Å²) >= 11 is 0. The van der Waals surface area contributed by atoms with Gasteiger partial charge in [-0.1, -0.05) is 6.92 Å². The Morgan fingerprint density at radius 1 is 1.30 bits per heavy atom. The molecule has 2 aliphatic heterocycles. The van der Waals surface area contributed by atoms with Crippen LogP contribution in [0.5, 0.6) is 0 Å². The van der Waals surface area contributed by atoms with E-state index in [0.29, 0.717) is 6.04 Å². The highest BCUT2D eigenvalue weighted by Crippen LogP contribution is 2.21. The molecule has 0 bridgehead atoms. The fourth-order valence-electron chi connectivity index (χ4n) is 3.54. The first kappa shape index (κ1) is 15.8. The SMILES string of the molecule is CCCN1CCC(C(C)NC2CCCCNC2=O)CC1. The Labute approximate surface area is 123 Å². The van der Waals surface area contributed by atoms with Gasteiger partial charge in [-0.05, 0) is 71.0 Å². The molecule has 0 aromatic carbocycles. The lowest BCUT2D eigenvalue weighted by atomic mass is 9.89. The first-order valence-corrected chi connectivity index (χ1v) is 8.46. The van der Waals surface area contributed by atoms with Crippen LogP contribution in [0.1, 0.15) is 52.4 Å². The van der Waals surface area contributed by atoms with Crippen molar-refractivity contribution < 1.29 is 4.79 Å². The van der Waals surface area contributed by atoms with Crippen molar-refractivity contribution in [2.24, 2.45) is 5.92 Å². The van der Waals surface area contributed by atoms with Gasteiger partial charge >= 0.3 is 0 Å². The van der Waals surface area contributed by atoms with Crippen LogP contribution in [0.4, 0.5) is 0 Å². The van der Waals surface area contributed by atoms with E-state index in [2.05, 4.69) is 29.4 Å². The van der Waals surface area contributed by atoms with Gasteiger partial charge in [0.2, 0.25) is 5.91 Å². The number of carbonyl (C=O) groups excluding carboxylic acids is 1. The maximum absolute atomic E-state index is 12.0. The summed E-state index contributed by atoms with van der Waals surface area (Å²) in [5, 5.41) is 6.61. The monoisotopic (exact) mass is 281 g/mol. The lowest BCUT2D eigenvalue weighted by Gasteiger charge is -2.36.